The lowest BCUT2D eigenvalue weighted by Crippen LogP contribution is -2.38. The van der Waals surface area contributed by atoms with Gasteiger partial charge in [0.15, 0.2) is 0 Å². The molecule has 0 fully saturated rings. The van der Waals surface area contributed by atoms with Crippen LogP contribution in [0.5, 0.6) is 0 Å². The lowest BCUT2D eigenvalue weighted by Gasteiger charge is -2.36. The maximum absolute atomic E-state index is 13.5. The third-order valence-corrected chi connectivity index (χ3v) is 5.58. The van der Waals surface area contributed by atoms with Crippen molar-refractivity contribution in [3.05, 3.63) is 102 Å². The molecular weight excluding hydrogens is 394 g/mol. The van der Waals surface area contributed by atoms with E-state index in [9.17, 15) is 8.78 Å². The molecule has 0 aliphatic heterocycles. The van der Waals surface area contributed by atoms with Crippen molar-refractivity contribution in [2.75, 3.05) is 11.4 Å². The minimum Gasteiger partial charge on any atom is -0.338 e. The molecule has 3 aliphatic rings. The Morgan fingerprint density at radius 3 is 2.52 bits per heavy atom. The lowest BCUT2D eigenvalue weighted by atomic mass is 9.99. The molecular formula is C25H26F2N4. The van der Waals surface area contributed by atoms with Gasteiger partial charge >= 0.3 is 0 Å². The summed E-state index contributed by atoms with van der Waals surface area (Å²) in [6.45, 7) is 0.626. The van der Waals surface area contributed by atoms with Gasteiger partial charge in [-0.3, -0.25) is 0 Å². The van der Waals surface area contributed by atoms with Crippen LogP contribution in [0.15, 0.2) is 96.2 Å². The Labute approximate surface area is 181 Å². The van der Waals surface area contributed by atoms with Gasteiger partial charge in [-0.05, 0) is 61.4 Å². The zero-order chi connectivity index (χ0) is 21.6. The Morgan fingerprint density at radius 1 is 1.00 bits per heavy atom. The van der Waals surface area contributed by atoms with Crippen molar-refractivity contribution in [1.29, 1.82) is 5.41 Å². The second kappa shape index (κ2) is 9.71. The van der Waals surface area contributed by atoms with Gasteiger partial charge in [0.2, 0.25) is 0 Å². The number of anilines is 1. The number of halogens is 2. The first-order valence-electron chi connectivity index (χ1n) is 10.5. The molecule has 0 spiro atoms. The molecule has 3 N–H and O–H groups in total. The summed E-state index contributed by atoms with van der Waals surface area (Å²) in [5.74, 6) is -0.338. The number of nitrogens with zero attached hydrogens (tertiary/aromatic N) is 1. The van der Waals surface area contributed by atoms with Gasteiger partial charge in [0, 0.05) is 41.7 Å². The van der Waals surface area contributed by atoms with E-state index in [1.807, 2.05) is 36.5 Å². The summed E-state index contributed by atoms with van der Waals surface area (Å²) in [5, 5.41) is 7.95. The van der Waals surface area contributed by atoms with E-state index in [0.29, 0.717) is 25.1 Å². The van der Waals surface area contributed by atoms with E-state index >= 15 is 0 Å². The van der Waals surface area contributed by atoms with Crippen molar-refractivity contribution in [3.8, 4) is 0 Å². The van der Waals surface area contributed by atoms with E-state index in [0.717, 1.165) is 23.5 Å². The maximum Gasteiger partial charge on any atom is 0.123 e. The van der Waals surface area contributed by atoms with E-state index in [1.165, 1.54) is 18.2 Å². The fourth-order valence-corrected chi connectivity index (χ4v) is 3.89. The summed E-state index contributed by atoms with van der Waals surface area (Å²) in [4.78, 5) is 2.15. The fourth-order valence-electron chi connectivity index (χ4n) is 3.89. The van der Waals surface area contributed by atoms with E-state index < -0.39 is 0 Å². The van der Waals surface area contributed by atoms with Crippen LogP contribution in [0.2, 0.25) is 0 Å². The SMILES string of the molecule is N=C1C=CC=C[C@H]1CNNC1=CC[C@@H](N(C2=CC=C(F)CC2)c2ccc(F)cc2)C=C1. The van der Waals surface area contributed by atoms with Crippen LogP contribution in [0.25, 0.3) is 0 Å². The summed E-state index contributed by atoms with van der Waals surface area (Å²) in [5.41, 5.74) is 9.85. The quantitative estimate of drug-likeness (QED) is 0.530. The number of hydrogen-bond donors (Lipinski definition) is 3. The molecule has 6 heteroatoms. The summed E-state index contributed by atoms with van der Waals surface area (Å²) < 4.78 is 27.0. The highest BCUT2D eigenvalue weighted by atomic mass is 19.1. The smallest absolute Gasteiger partial charge is 0.123 e. The predicted molar refractivity (Wildman–Crippen MR) is 122 cm³/mol. The highest BCUT2D eigenvalue weighted by Gasteiger charge is 2.23. The minimum atomic E-state index is -0.278. The van der Waals surface area contributed by atoms with Gasteiger partial charge in [-0.25, -0.2) is 14.2 Å². The van der Waals surface area contributed by atoms with Crippen molar-refractivity contribution >= 4 is 11.4 Å². The van der Waals surface area contributed by atoms with Gasteiger partial charge in [0.25, 0.3) is 0 Å². The normalized spacial score (nSPS) is 22.6. The maximum atomic E-state index is 13.5. The molecule has 0 aromatic heterocycles. The number of nitrogens with one attached hydrogen (secondary N) is 3. The Balaban J connectivity index is 1.41. The fraction of sp³-hybridized carbons (Fsp3) is 0.240. The Morgan fingerprint density at radius 2 is 1.84 bits per heavy atom. The molecule has 3 aliphatic carbocycles. The van der Waals surface area contributed by atoms with Crippen LogP contribution in [0.1, 0.15) is 19.3 Å². The highest BCUT2D eigenvalue weighted by Crippen LogP contribution is 2.32. The van der Waals surface area contributed by atoms with Gasteiger partial charge in [-0.2, -0.15) is 0 Å². The zero-order valence-electron chi connectivity index (χ0n) is 17.2. The molecule has 0 bridgehead atoms. The molecule has 4 rings (SSSR count). The van der Waals surface area contributed by atoms with Crippen LogP contribution < -0.4 is 15.8 Å². The molecule has 1 aromatic rings. The summed E-state index contributed by atoms with van der Waals surface area (Å²) in [7, 11) is 0. The van der Waals surface area contributed by atoms with Crippen LogP contribution in [-0.4, -0.2) is 18.3 Å². The standard InChI is InChI=1S/C25H26F2N4/c26-19-5-11-22(12-6-19)31(23-13-7-20(27)8-14-23)24-15-9-21(10-16-24)30-29-17-18-3-1-2-4-25(18)28/h1-7,9-13,15,18,24,28-30H,8,14,16-17H2/t18-,24-/m0/s1. The molecule has 0 saturated heterocycles. The third kappa shape index (κ3) is 5.27. The van der Waals surface area contributed by atoms with Crippen LogP contribution in [0.3, 0.4) is 0 Å². The number of allylic oxidation sites excluding steroid dienone is 8. The van der Waals surface area contributed by atoms with Crippen LogP contribution in [-0.2, 0) is 0 Å². The Hall–Kier alpha value is -3.25. The molecule has 2 atom stereocenters. The van der Waals surface area contributed by atoms with Gasteiger partial charge < -0.3 is 15.7 Å². The van der Waals surface area contributed by atoms with Crippen molar-refractivity contribution in [3.63, 3.8) is 0 Å². The molecule has 160 valence electrons. The summed E-state index contributed by atoms with van der Waals surface area (Å²) in [6, 6.07) is 6.48. The third-order valence-electron chi connectivity index (χ3n) is 5.58. The molecule has 31 heavy (non-hydrogen) atoms. The van der Waals surface area contributed by atoms with Crippen LogP contribution in [0.4, 0.5) is 14.5 Å². The van der Waals surface area contributed by atoms with Gasteiger partial charge in [-0.1, -0.05) is 30.4 Å². The molecule has 0 heterocycles. The van der Waals surface area contributed by atoms with Gasteiger partial charge in [0.05, 0.1) is 6.04 Å². The first-order valence-corrected chi connectivity index (χ1v) is 10.5. The molecule has 0 saturated carbocycles. The van der Waals surface area contributed by atoms with E-state index in [-0.39, 0.29) is 23.6 Å². The van der Waals surface area contributed by atoms with Gasteiger partial charge in [0.1, 0.15) is 11.6 Å². The molecule has 4 nitrogen and oxygen atoms in total. The van der Waals surface area contributed by atoms with Gasteiger partial charge in [-0.15, -0.1) is 0 Å². The second-order valence-electron chi connectivity index (χ2n) is 7.75. The Kier molecular flexibility index (Phi) is 6.57. The number of benzene rings is 1. The summed E-state index contributed by atoms with van der Waals surface area (Å²) >= 11 is 0. The van der Waals surface area contributed by atoms with E-state index in [4.69, 9.17) is 5.41 Å². The predicted octanol–water partition coefficient (Wildman–Crippen LogP) is 5.23. The topological polar surface area (TPSA) is 51.2 Å². The highest BCUT2D eigenvalue weighted by molar-refractivity contribution is 5.96. The number of rotatable bonds is 7. The zero-order valence-corrected chi connectivity index (χ0v) is 17.2. The Bertz CT molecular complexity index is 999. The minimum absolute atomic E-state index is 0.0522. The van der Waals surface area contributed by atoms with Crippen molar-refractivity contribution < 1.29 is 8.78 Å². The van der Waals surface area contributed by atoms with E-state index in [1.54, 1.807) is 12.1 Å². The second-order valence-corrected chi connectivity index (χ2v) is 7.75. The first-order chi connectivity index (χ1) is 15.1. The molecule has 0 amide bonds. The van der Waals surface area contributed by atoms with E-state index in [2.05, 4.69) is 27.9 Å². The van der Waals surface area contributed by atoms with Crippen molar-refractivity contribution in [2.45, 2.75) is 25.3 Å². The summed E-state index contributed by atoms with van der Waals surface area (Å²) in [6.07, 6.45) is 18.9. The monoisotopic (exact) mass is 420 g/mol. The van der Waals surface area contributed by atoms with Crippen LogP contribution >= 0.6 is 0 Å². The van der Waals surface area contributed by atoms with Crippen LogP contribution in [0, 0.1) is 17.1 Å². The lowest BCUT2D eigenvalue weighted by molar-refractivity contribution is 0.567. The van der Waals surface area contributed by atoms with Crippen molar-refractivity contribution in [2.24, 2.45) is 5.92 Å². The number of hydrazine groups is 1. The first kappa shape index (κ1) is 21.0. The largest absolute Gasteiger partial charge is 0.338 e. The number of hydrogen-bond acceptors (Lipinski definition) is 4. The average Bonchev–Trinajstić information content (AvgIpc) is 2.79. The molecule has 1 aromatic carbocycles. The molecule has 0 radical (unpaired) electrons. The average molecular weight is 421 g/mol. The van der Waals surface area contributed by atoms with Crippen molar-refractivity contribution in [1.82, 2.24) is 10.9 Å². The molecule has 0 unspecified atom stereocenters.